The van der Waals surface area contributed by atoms with Gasteiger partial charge in [-0.2, -0.15) is 13.2 Å². The summed E-state index contributed by atoms with van der Waals surface area (Å²) >= 11 is 7.23. The SMILES string of the molecule is O=C(Nc1ccc2nc(C(F)(F)F)[nH]c2c1)c1csc(C2CCN(C(=O)OCc3ccc(Cl)cc3)CC2)n1. The Morgan fingerprint density at radius 3 is 2.58 bits per heavy atom. The Bertz CT molecular complexity index is 1460. The van der Waals surface area contributed by atoms with E-state index in [9.17, 15) is 22.8 Å². The summed E-state index contributed by atoms with van der Waals surface area (Å²) in [6.07, 6.45) is -3.60. The van der Waals surface area contributed by atoms with Crippen LogP contribution in [-0.2, 0) is 17.5 Å². The largest absolute Gasteiger partial charge is 0.449 e. The molecule has 0 unspecified atom stereocenters. The Labute approximate surface area is 223 Å². The minimum Gasteiger partial charge on any atom is -0.445 e. The van der Waals surface area contributed by atoms with Crippen molar-refractivity contribution in [2.45, 2.75) is 31.5 Å². The Hall–Kier alpha value is -3.64. The second-order valence-electron chi connectivity index (χ2n) is 8.78. The summed E-state index contributed by atoms with van der Waals surface area (Å²) in [7, 11) is 0. The lowest BCUT2D eigenvalue weighted by Gasteiger charge is -2.30. The number of H-pyrrole nitrogens is 1. The summed E-state index contributed by atoms with van der Waals surface area (Å²) in [5.41, 5.74) is 1.69. The first-order valence-corrected chi connectivity index (χ1v) is 12.9. The first-order chi connectivity index (χ1) is 18.2. The molecule has 2 aromatic carbocycles. The van der Waals surface area contributed by atoms with E-state index >= 15 is 0 Å². The van der Waals surface area contributed by atoms with Crippen molar-refractivity contribution in [3.8, 4) is 0 Å². The van der Waals surface area contributed by atoms with Gasteiger partial charge in [-0.1, -0.05) is 23.7 Å². The molecule has 0 aliphatic carbocycles. The van der Waals surface area contributed by atoms with Crippen molar-refractivity contribution in [3.05, 3.63) is 75.0 Å². The number of imidazole rings is 1. The third-order valence-corrected chi connectivity index (χ3v) is 7.40. The van der Waals surface area contributed by atoms with Crippen molar-refractivity contribution < 1.29 is 27.5 Å². The molecule has 0 spiro atoms. The number of halogens is 4. The quantitative estimate of drug-likeness (QED) is 0.290. The first-order valence-electron chi connectivity index (χ1n) is 11.7. The van der Waals surface area contributed by atoms with Gasteiger partial charge in [0.2, 0.25) is 5.82 Å². The molecule has 4 aromatic rings. The monoisotopic (exact) mass is 563 g/mol. The number of anilines is 1. The van der Waals surface area contributed by atoms with Gasteiger partial charge in [-0.15, -0.1) is 11.3 Å². The number of thiazole rings is 1. The number of rotatable bonds is 5. The highest BCUT2D eigenvalue weighted by Crippen LogP contribution is 2.32. The molecule has 1 fully saturated rings. The van der Waals surface area contributed by atoms with E-state index in [1.54, 1.807) is 34.5 Å². The van der Waals surface area contributed by atoms with Crippen molar-refractivity contribution in [2.24, 2.45) is 0 Å². The number of aromatic nitrogens is 3. The maximum absolute atomic E-state index is 12.9. The Kier molecular flexibility index (Phi) is 7.26. The fraction of sp³-hybridized carbons (Fsp3) is 0.280. The van der Waals surface area contributed by atoms with E-state index in [1.807, 2.05) is 0 Å². The molecule has 2 N–H and O–H groups in total. The summed E-state index contributed by atoms with van der Waals surface area (Å²) in [4.78, 5) is 37.0. The van der Waals surface area contributed by atoms with E-state index in [1.165, 1.54) is 29.5 Å². The number of amides is 2. The highest BCUT2D eigenvalue weighted by molar-refractivity contribution is 7.10. The van der Waals surface area contributed by atoms with Gasteiger partial charge in [0.25, 0.3) is 5.91 Å². The van der Waals surface area contributed by atoms with Crippen LogP contribution < -0.4 is 5.32 Å². The minimum atomic E-state index is -4.59. The number of alkyl halides is 3. The summed E-state index contributed by atoms with van der Waals surface area (Å²) in [5, 5.41) is 5.72. The number of carbonyl (C=O) groups is 2. The van der Waals surface area contributed by atoms with E-state index in [4.69, 9.17) is 16.3 Å². The highest BCUT2D eigenvalue weighted by atomic mass is 35.5. The number of fused-ring (bicyclic) bond motifs is 1. The van der Waals surface area contributed by atoms with Gasteiger partial charge in [-0.3, -0.25) is 4.79 Å². The third-order valence-electron chi connectivity index (χ3n) is 6.14. The van der Waals surface area contributed by atoms with E-state index in [0.717, 1.165) is 10.6 Å². The van der Waals surface area contributed by atoms with Crippen molar-refractivity contribution in [2.75, 3.05) is 18.4 Å². The molecule has 0 atom stereocenters. The Morgan fingerprint density at radius 1 is 1.13 bits per heavy atom. The predicted octanol–water partition coefficient (Wildman–Crippen LogP) is 6.46. The number of piperidine rings is 1. The summed E-state index contributed by atoms with van der Waals surface area (Å²) in [6.45, 7) is 1.18. The van der Waals surface area contributed by atoms with Gasteiger partial charge < -0.3 is 19.9 Å². The molecular weight excluding hydrogens is 543 g/mol. The lowest BCUT2D eigenvalue weighted by molar-refractivity contribution is -0.144. The van der Waals surface area contributed by atoms with Crippen LogP contribution in [0.25, 0.3) is 11.0 Å². The average Bonchev–Trinajstić information content (AvgIpc) is 3.56. The van der Waals surface area contributed by atoms with Crippen molar-refractivity contribution in [1.29, 1.82) is 0 Å². The van der Waals surface area contributed by atoms with Gasteiger partial charge in [0.05, 0.1) is 16.0 Å². The van der Waals surface area contributed by atoms with Gasteiger partial charge in [0.1, 0.15) is 12.3 Å². The molecule has 198 valence electrons. The van der Waals surface area contributed by atoms with Gasteiger partial charge >= 0.3 is 12.3 Å². The number of nitrogens with zero attached hydrogens (tertiary/aromatic N) is 3. The van der Waals surface area contributed by atoms with E-state index in [-0.39, 0.29) is 35.3 Å². The molecule has 2 aromatic heterocycles. The molecule has 2 amide bonds. The molecule has 3 heterocycles. The molecule has 1 saturated heterocycles. The van der Waals surface area contributed by atoms with Crippen molar-refractivity contribution in [1.82, 2.24) is 19.9 Å². The number of hydrogen-bond acceptors (Lipinski definition) is 6. The van der Waals surface area contributed by atoms with Crippen LogP contribution in [0.5, 0.6) is 0 Å². The molecular formula is C25H21ClF3N5O3S. The van der Waals surface area contributed by atoms with E-state index < -0.39 is 17.9 Å². The van der Waals surface area contributed by atoms with Gasteiger partial charge in [-0.05, 0) is 48.7 Å². The summed E-state index contributed by atoms with van der Waals surface area (Å²) in [5.74, 6) is -1.46. The second kappa shape index (κ2) is 10.6. The van der Waals surface area contributed by atoms with Gasteiger partial charge in [0, 0.05) is 35.1 Å². The molecule has 5 rings (SSSR count). The lowest BCUT2D eigenvalue weighted by Crippen LogP contribution is -2.38. The molecule has 0 bridgehead atoms. The molecule has 38 heavy (non-hydrogen) atoms. The van der Waals surface area contributed by atoms with Crippen LogP contribution in [0.1, 0.15) is 45.6 Å². The fourth-order valence-electron chi connectivity index (χ4n) is 4.12. The molecule has 0 saturated carbocycles. The zero-order chi connectivity index (χ0) is 26.9. The molecule has 1 aliphatic rings. The topological polar surface area (TPSA) is 100 Å². The van der Waals surface area contributed by atoms with Crippen LogP contribution in [0.4, 0.5) is 23.7 Å². The van der Waals surface area contributed by atoms with Crippen LogP contribution in [-0.4, -0.2) is 44.9 Å². The highest BCUT2D eigenvalue weighted by Gasteiger charge is 2.34. The Balaban J connectivity index is 1.14. The zero-order valence-corrected chi connectivity index (χ0v) is 21.3. The number of carbonyl (C=O) groups excluding carboxylic acids is 2. The maximum atomic E-state index is 12.9. The van der Waals surface area contributed by atoms with Crippen LogP contribution >= 0.6 is 22.9 Å². The number of likely N-dealkylation sites (tertiary alicyclic amines) is 1. The normalized spacial score (nSPS) is 14.6. The standard InChI is InChI=1S/C25H21ClF3N5O3S/c26-16-3-1-14(2-4-16)12-37-24(36)34-9-7-15(8-10-34)22-31-20(13-38-22)21(35)30-17-5-6-18-19(11-17)33-23(32-18)25(27,28)29/h1-6,11,13,15H,7-10,12H2,(H,30,35)(H,32,33). The second-order valence-corrected chi connectivity index (χ2v) is 10.1. The Morgan fingerprint density at radius 2 is 1.87 bits per heavy atom. The van der Waals surface area contributed by atoms with Crippen molar-refractivity contribution in [3.63, 3.8) is 0 Å². The predicted molar refractivity (Wildman–Crippen MR) is 136 cm³/mol. The van der Waals surface area contributed by atoms with Crippen LogP contribution in [0.2, 0.25) is 5.02 Å². The lowest BCUT2D eigenvalue weighted by atomic mass is 9.98. The van der Waals surface area contributed by atoms with Gasteiger partial charge in [-0.25, -0.2) is 14.8 Å². The zero-order valence-electron chi connectivity index (χ0n) is 19.7. The molecule has 1 aliphatic heterocycles. The number of ether oxygens (including phenoxy) is 1. The van der Waals surface area contributed by atoms with Crippen molar-refractivity contribution >= 4 is 51.7 Å². The van der Waals surface area contributed by atoms with E-state index in [2.05, 4.69) is 20.3 Å². The van der Waals surface area contributed by atoms with Crippen LogP contribution in [0.15, 0.2) is 47.8 Å². The smallest absolute Gasteiger partial charge is 0.445 e. The third kappa shape index (κ3) is 5.91. The van der Waals surface area contributed by atoms with Crippen LogP contribution in [0, 0.1) is 0 Å². The minimum absolute atomic E-state index is 0.101. The van der Waals surface area contributed by atoms with Gasteiger partial charge in [0.15, 0.2) is 0 Å². The first kappa shape index (κ1) is 26.0. The maximum Gasteiger partial charge on any atom is 0.449 e. The number of nitrogens with one attached hydrogen (secondary N) is 2. The summed E-state index contributed by atoms with van der Waals surface area (Å²) in [6, 6.07) is 11.4. The number of aromatic amines is 1. The summed E-state index contributed by atoms with van der Waals surface area (Å²) < 4.78 is 44.1. The number of benzene rings is 2. The molecule has 8 nitrogen and oxygen atoms in total. The molecule has 13 heteroatoms. The number of hydrogen-bond donors (Lipinski definition) is 2. The average molecular weight is 564 g/mol. The fourth-order valence-corrected chi connectivity index (χ4v) is 5.22. The molecule has 0 radical (unpaired) electrons. The van der Waals surface area contributed by atoms with E-state index in [0.29, 0.717) is 36.6 Å². The van der Waals surface area contributed by atoms with Crippen LogP contribution in [0.3, 0.4) is 0 Å².